The Labute approximate surface area is 190 Å². The highest BCUT2D eigenvalue weighted by molar-refractivity contribution is 7.91. The largest absolute Gasteiger partial charge is 0.483 e. The molecule has 0 unspecified atom stereocenters. The van der Waals surface area contributed by atoms with Crippen LogP contribution in [0, 0.1) is 0 Å². The number of carbonyl (C=O) groups is 1. The van der Waals surface area contributed by atoms with Crippen LogP contribution < -0.4 is 9.46 Å². The fourth-order valence-corrected chi connectivity index (χ4v) is 7.04. The summed E-state index contributed by atoms with van der Waals surface area (Å²) in [6.45, 7) is 2.71. The predicted molar refractivity (Wildman–Crippen MR) is 121 cm³/mol. The molecule has 1 amide bonds. The molecule has 5 aliphatic rings. The van der Waals surface area contributed by atoms with Crippen molar-refractivity contribution in [3.63, 3.8) is 0 Å². The standard InChI is InChI=1S/C24H34N2O5S/c1-24(12-13-24)32(28,29)25-20-6-4-14-26-21(20)15-30-18-10-8-17(9-11-18)19-5-2-3-7-22(19)31-16-23(26)27/h2-3,5,7,17-18,20-21,25H,4,6,8-16H2,1H3/t17?,18?,20-,21-/m0/s1. The molecule has 32 heavy (non-hydrogen) atoms. The van der Waals surface area contributed by atoms with Gasteiger partial charge >= 0.3 is 0 Å². The summed E-state index contributed by atoms with van der Waals surface area (Å²) in [6.07, 6.45) is 6.99. The number of rotatable bonds is 3. The molecule has 3 fully saturated rings. The number of hydrogen-bond donors (Lipinski definition) is 1. The van der Waals surface area contributed by atoms with Gasteiger partial charge in [-0.2, -0.15) is 0 Å². The predicted octanol–water partition coefficient (Wildman–Crippen LogP) is 2.95. The Balaban J connectivity index is 1.40. The van der Waals surface area contributed by atoms with Crippen molar-refractivity contribution in [2.24, 2.45) is 0 Å². The van der Waals surface area contributed by atoms with Crippen molar-refractivity contribution in [2.45, 2.75) is 87.1 Å². The van der Waals surface area contributed by atoms with Gasteiger partial charge in [0.2, 0.25) is 10.0 Å². The van der Waals surface area contributed by atoms with Crippen molar-refractivity contribution in [3.8, 4) is 5.75 Å². The van der Waals surface area contributed by atoms with Crippen LogP contribution in [0.1, 0.15) is 69.8 Å². The van der Waals surface area contributed by atoms with E-state index < -0.39 is 14.8 Å². The van der Waals surface area contributed by atoms with E-state index in [2.05, 4.69) is 10.8 Å². The van der Waals surface area contributed by atoms with E-state index >= 15 is 0 Å². The van der Waals surface area contributed by atoms with Gasteiger partial charge in [-0.3, -0.25) is 4.79 Å². The molecule has 2 atom stereocenters. The van der Waals surface area contributed by atoms with Gasteiger partial charge in [-0.25, -0.2) is 13.1 Å². The molecule has 3 heterocycles. The van der Waals surface area contributed by atoms with E-state index in [1.807, 2.05) is 18.2 Å². The number of fused-ring (bicyclic) bond motifs is 5. The molecule has 1 aromatic rings. The Bertz CT molecular complexity index is 953. The molecule has 7 nitrogen and oxygen atoms in total. The number of ether oxygens (including phenoxy) is 2. The number of piperidine rings is 1. The van der Waals surface area contributed by atoms with Crippen LogP contribution in [0.4, 0.5) is 0 Å². The molecule has 2 saturated carbocycles. The number of para-hydroxylation sites is 1. The maximum Gasteiger partial charge on any atom is 0.260 e. The Morgan fingerprint density at radius 3 is 2.59 bits per heavy atom. The van der Waals surface area contributed by atoms with Crippen LogP contribution in [0.5, 0.6) is 5.75 Å². The highest BCUT2D eigenvalue weighted by Crippen LogP contribution is 2.43. The minimum absolute atomic E-state index is 0.0408. The van der Waals surface area contributed by atoms with Crippen molar-refractivity contribution in [1.29, 1.82) is 0 Å². The molecule has 8 heteroatoms. The van der Waals surface area contributed by atoms with Crippen molar-refractivity contribution >= 4 is 15.9 Å². The van der Waals surface area contributed by atoms with E-state index in [1.165, 1.54) is 5.56 Å². The summed E-state index contributed by atoms with van der Waals surface area (Å²) in [4.78, 5) is 15.0. The lowest BCUT2D eigenvalue weighted by molar-refractivity contribution is -0.140. The molecule has 2 aliphatic carbocycles. The monoisotopic (exact) mass is 462 g/mol. The molecule has 1 aromatic carbocycles. The summed E-state index contributed by atoms with van der Waals surface area (Å²) >= 11 is 0. The fourth-order valence-electron chi connectivity index (χ4n) is 5.44. The van der Waals surface area contributed by atoms with E-state index in [4.69, 9.17) is 9.47 Å². The van der Waals surface area contributed by atoms with Crippen LogP contribution in [-0.2, 0) is 19.6 Å². The van der Waals surface area contributed by atoms with Crippen LogP contribution in [-0.4, -0.2) is 61.9 Å². The first kappa shape index (κ1) is 22.2. The average molecular weight is 463 g/mol. The summed E-state index contributed by atoms with van der Waals surface area (Å²) in [7, 11) is -3.44. The zero-order valence-corrected chi connectivity index (χ0v) is 19.6. The number of carbonyl (C=O) groups excluding carboxylic acids is 1. The number of nitrogens with zero attached hydrogens (tertiary/aromatic N) is 1. The van der Waals surface area contributed by atoms with E-state index in [0.29, 0.717) is 38.3 Å². The van der Waals surface area contributed by atoms with Crippen molar-refractivity contribution < 1.29 is 22.7 Å². The van der Waals surface area contributed by atoms with Gasteiger partial charge in [-0.1, -0.05) is 18.2 Å². The normalized spacial score (nSPS) is 32.5. The third kappa shape index (κ3) is 4.29. The van der Waals surface area contributed by atoms with Crippen LogP contribution >= 0.6 is 0 Å². The SMILES string of the molecule is CC1(S(=O)(=O)N[C@H]2CCCN3C(=O)COc4ccccc4C4CCC(CC4)OC[C@@H]23)CC1. The van der Waals surface area contributed by atoms with Gasteiger partial charge in [0.15, 0.2) is 6.61 Å². The molecule has 0 aromatic heterocycles. The van der Waals surface area contributed by atoms with Gasteiger partial charge in [-0.05, 0) is 75.8 Å². The third-order valence-electron chi connectivity index (χ3n) is 7.90. The second-order valence-corrected chi connectivity index (χ2v) is 12.3. The van der Waals surface area contributed by atoms with Gasteiger partial charge in [0.05, 0.1) is 23.5 Å². The summed E-state index contributed by atoms with van der Waals surface area (Å²) in [5, 5.41) is 0. The fraction of sp³-hybridized carbons (Fsp3) is 0.708. The zero-order chi connectivity index (χ0) is 22.3. The molecule has 1 N–H and O–H groups in total. The Kier molecular flexibility index (Phi) is 5.97. The first-order valence-electron chi connectivity index (χ1n) is 12.0. The Hall–Kier alpha value is -1.64. The number of benzene rings is 1. The second-order valence-electron chi connectivity index (χ2n) is 10.1. The minimum atomic E-state index is -3.44. The van der Waals surface area contributed by atoms with E-state index in [-0.39, 0.29) is 30.7 Å². The summed E-state index contributed by atoms with van der Waals surface area (Å²) in [6, 6.07) is 7.39. The molecule has 0 radical (unpaired) electrons. The Morgan fingerprint density at radius 1 is 1.09 bits per heavy atom. The van der Waals surface area contributed by atoms with Crippen LogP contribution in [0.2, 0.25) is 0 Å². The molecule has 2 bridgehead atoms. The van der Waals surface area contributed by atoms with E-state index in [1.54, 1.807) is 11.8 Å². The maximum atomic E-state index is 13.2. The van der Waals surface area contributed by atoms with E-state index in [0.717, 1.165) is 37.9 Å². The maximum absolute atomic E-state index is 13.2. The molecule has 176 valence electrons. The van der Waals surface area contributed by atoms with Gasteiger partial charge in [-0.15, -0.1) is 0 Å². The molecular weight excluding hydrogens is 428 g/mol. The summed E-state index contributed by atoms with van der Waals surface area (Å²) < 4.78 is 40.5. The second kappa shape index (κ2) is 8.61. The molecule has 6 rings (SSSR count). The number of amides is 1. The lowest BCUT2D eigenvalue weighted by atomic mass is 9.82. The van der Waals surface area contributed by atoms with Gasteiger partial charge in [0.1, 0.15) is 5.75 Å². The zero-order valence-electron chi connectivity index (χ0n) is 18.8. The first-order valence-corrected chi connectivity index (χ1v) is 13.5. The molecule has 1 saturated heterocycles. The molecule has 3 aliphatic heterocycles. The lowest BCUT2D eigenvalue weighted by Gasteiger charge is -2.42. The smallest absolute Gasteiger partial charge is 0.260 e. The van der Waals surface area contributed by atoms with Crippen LogP contribution in [0.15, 0.2) is 24.3 Å². The van der Waals surface area contributed by atoms with Gasteiger partial charge < -0.3 is 14.4 Å². The minimum Gasteiger partial charge on any atom is -0.483 e. The topological polar surface area (TPSA) is 84.9 Å². The highest BCUT2D eigenvalue weighted by atomic mass is 32.2. The molecular formula is C24H34N2O5S. The van der Waals surface area contributed by atoms with Gasteiger partial charge in [0, 0.05) is 12.6 Å². The van der Waals surface area contributed by atoms with Crippen LogP contribution in [0.25, 0.3) is 0 Å². The van der Waals surface area contributed by atoms with Crippen molar-refractivity contribution in [2.75, 3.05) is 19.8 Å². The van der Waals surface area contributed by atoms with Crippen molar-refractivity contribution in [1.82, 2.24) is 9.62 Å². The quantitative estimate of drug-likeness (QED) is 0.747. The summed E-state index contributed by atoms with van der Waals surface area (Å²) in [5.41, 5.74) is 1.18. The highest BCUT2D eigenvalue weighted by Gasteiger charge is 2.51. The number of nitrogens with one attached hydrogen (secondary N) is 1. The van der Waals surface area contributed by atoms with Crippen LogP contribution in [0.3, 0.4) is 0 Å². The van der Waals surface area contributed by atoms with E-state index in [9.17, 15) is 13.2 Å². The Morgan fingerprint density at radius 2 is 1.84 bits per heavy atom. The molecule has 0 spiro atoms. The van der Waals surface area contributed by atoms with Crippen molar-refractivity contribution in [3.05, 3.63) is 29.8 Å². The third-order valence-corrected chi connectivity index (χ3v) is 10.2. The summed E-state index contributed by atoms with van der Waals surface area (Å²) in [5.74, 6) is 1.10. The number of sulfonamides is 1. The number of hydrogen-bond acceptors (Lipinski definition) is 5. The van der Waals surface area contributed by atoms with Gasteiger partial charge in [0.25, 0.3) is 5.91 Å². The average Bonchev–Trinajstić information content (AvgIpc) is 3.55. The first-order chi connectivity index (χ1) is 15.4. The lowest BCUT2D eigenvalue weighted by Crippen LogP contribution is -2.60.